The third kappa shape index (κ3) is 2.17. The first-order valence-electron chi connectivity index (χ1n) is 4.91. The second-order valence-corrected chi connectivity index (χ2v) is 4.46. The summed E-state index contributed by atoms with van der Waals surface area (Å²) in [4.78, 5) is 10.7. The van der Waals surface area contributed by atoms with Gasteiger partial charge in [-0.1, -0.05) is 35.3 Å². The van der Waals surface area contributed by atoms with Crippen LogP contribution in [0.25, 0.3) is 0 Å². The summed E-state index contributed by atoms with van der Waals surface area (Å²) in [5.41, 5.74) is 0.762. The zero-order valence-corrected chi connectivity index (χ0v) is 9.83. The number of carboxylic acids is 1. The molecule has 1 N–H and O–H groups in total. The molecule has 3 nitrogen and oxygen atoms in total. The molecule has 1 aliphatic heterocycles. The molecule has 0 spiro atoms. The smallest absolute Gasteiger partial charge is 0.332 e. The van der Waals surface area contributed by atoms with E-state index in [-0.39, 0.29) is 6.10 Å². The maximum absolute atomic E-state index is 10.7. The summed E-state index contributed by atoms with van der Waals surface area (Å²) in [6, 6.07) is 5.28. The number of carboxylic acid groups (broad SMARTS) is 1. The Balaban J connectivity index is 2.21. The van der Waals surface area contributed by atoms with E-state index in [0.717, 1.165) is 5.56 Å². The van der Waals surface area contributed by atoms with Crippen LogP contribution < -0.4 is 0 Å². The van der Waals surface area contributed by atoms with E-state index in [0.29, 0.717) is 22.9 Å². The average molecular weight is 261 g/mol. The van der Waals surface area contributed by atoms with Crippen molar-refractivity contribution in [2.24, 2.45) is 0 Å². The van der Waals surface area contributed by atoms with Crippen LogP contribution in [0.3, 0.4) is 0 Å². The second kappa shape index (κ2) is 4.62. The molecule has 5 heteroatoms. The van der Waals surface area contributed by atoms with Crippen LogP contribution in [0.4, 0.5) is 0 Å². The highest BCUT2D eigenvalue weighted by molar-refractivity contribution is 6.42. The number of aliphatic carboxylic acids is 1. The number of benzene rings is 1. The lowest BCUT2D eigenvalue weighted by Crippen LogP contribution is -2.18. The first kappa shape index (κ1) is 11.7. The number of hydrogen-bond acceptors (Lipinski definition) is 2. The van der Waals surface area contributed by atoms with Crippen molar-refractivity contribution in [1.82, 2.24) is 0 Å². The molecule has 0 aliphatic carbocycles. The molecule has 1 aromatic rings. The second-order valence-electron chi connectivity index (χ2n) is 3.67. The Hall–Kier alpha value is -0.770. The topological polar surface area (TPSA) is 46.5 Å². The Morgan fingerprint density at radius 1 is 1.38 bits per heavy atom. The summed E-state index contributed by atoms with van der Waals surface area (Å²) in [5, 5.41) is 9.72. The standard InChI is InChI=1S/C11H10Cl2O3/c12-7-3-1-2-6(10(7)13)8-4-5-9(16-8)11(14)15/h1-3,8-9H,4-5H2,(H,14,15). The highest BCUT2D eigenvalue weighted by atomic mass is 35.5. The van der Waals surface area contributed by atoms with Gasteiger partial charge >= 0.3 is 5.97 Å². The Labute approximate surface area is 103 Å². The fourth-order valence-electron chi connectivity index (χ4n) is 1.82. The zero-order valence-electron chi connectivity index (χ0n) is 8.32. The van der Waals surface area contributed by atoms with E-state index in [1.807, 2.05) is 6.07 Å². The largest absolute Gasteiger partial charge is 0.479 e. The summed E-state index contributed by atoms with van der Waals surface area (Å²) in [5.74, 6) is -0.930. The van der Waals surface area contributed by atoms with E-state index in [4.69, 9.17) is 33.0 Å². The number of carbonyl (C=O) groups is 1. The van der Waals surface area contributed by atoms with Gasteiger partial charge in [0.2, 0.25) is 0 Å². The molecule has 2 atom stereocenters. The van der Waals surface area contributed by atoms with Crippen molar-refractivity contribution in [2.45, 2.75) is 25.0 Å². The van der Waals surface area contributed by atoms with Crippen LogP contribution in [-0.4, -0.2) is 17.2 Å². The van der Waals surface area contributed by atoms with Crippen molar-refractivity contribution >= 4 is 29.2 Å². The van der Waals surface area contributed by atoms with Gasteiger partial charge in [0.05, 0.1) is 16.1 Å². The van der Waals surface area contributed by atoms with Crippen molar-refractivity contribution in [3.8, 4) is 0 Å². The predicted molar refractivity (Wildman–Crippen MR) is 60.9 cm³/mol. The van der Waals surface area contributed by atoms with E-state index < -0.39 is 12.1 Å². The van der Waals surface area contributed by atoms with Crippen LogP contribution >= 0.6 is 23.2 Å². The molecule has 1 aromatic carbocycles. The van der Waals surface area contributed by atoms with E-state index in [1.165, 1.54) is 0 Å². The molecule has 2 rings (SSSR count). The van der Waals surface area contributed by atoms with E-state index >= 15 is 0 Å². The number of hydrogen-bond donors (Lipinski definition) is 1. The van der Waals surface area contributed by atoms with Crippen molar-refractivity contribution in [1.29, 1.82) is 0 Å². The van der Waals surface area contributed by atoms with E-state index in [1.54, 1.807) is 12.1 Å². The maximum atomic E-state index is 10.7. The van der Waals surface area contributed by atoms with Crippen molar-refractivity contribution in [3.63, 3.8) is 0 Å². The molecule has 2 unspecified atom stereocenters. The monoisotopic (exact) mass is 260 g/mol. The molecule has 0 aromatic heterocycles. The molecule has 0 amide bonds. The summed E-state index contributed by atoms with van der Waals surface area (Å²) in [6.07, 6.45) is 0.146. The maximum Gasteiger partial charge on any atom is 0.332 e. The quantitative estimate of drug-likeness (QED) is 0.888. The zero-order chi connectivity index (χ0) is 11.7. The Bertz CT molecular complexity index is 420. The van der Waals surface area contributed by atoms with Gasteiger partial charge in [0, 0.05) is 5.56 Å². The Kier molecular flexibility index (Phi) is 3.38. The third-order valence-electron chi connectivity index (χ3n) is 2.62. The van der Waals surface area contributed by atoms with Crippen molar-refractivity contribution < 1.29 is 14.6 Å². The summed E-state index contributed by atoms with van der Waals surface area (Å²) >= 11 is 11.9. The van der Waals surface area contributed by atoms with Gasteiger partial charge in [-0.15, -0.1) is 0 Å². The van der Waals surface area contributed by atoms with Crippen LogP contribution in [0.15, 0.2) is 18.2 Å². The first-order chi connectivity index (χ1) is 7.59. The average Bonchev–Trinajstić information content (AvgIpc) is 2.71. The molecule has 0 saturated carbocycles. The van der Waals surface area contributed by atoms with Gasteiger partial charge in [-0.3, -0.25) is 0 Å². The minimum absolute atomic E-state index is 0.271. The normalized spacial score (nSPS) is 24.6. The van der Waals surface area contributed by atoms with Crippen LogP contribution in [0.2, 0.25) is 10.0 Å². The lowest BCUT2D eigenvalue weighted by Gasteiger charge is -2.13. The molecule has 1 saturated heterocycles. The lowest BCUT2D eigenvalue weighted by molar-refractivity contribution is -0.149. The molecular weight excluding hydrogens is 251 g/mol. The highest BCUT2D eigenvalue weighted by Gasteiger charge is 2.32. The number of rotatable bonds is 2. The van der Waals surface area contributed by atoms with Gasteiger partial charge in [0.15, 0.2) is 6.10 Å². The lowest BCUT2D eigenvalue weighted by atomic mass is 10.1. The molecule has 16 heavy (non-hydrogen) atoms. The van der Waals surface area contributed by atoms with Gasteiger partial charge in [-0.2, -0.15) is 0 Å². The van der Waals surface area contributed by atoms with Crippen LogP contribution in [0.1, 0.15) is 24.5 Å². The van der Waals surface area contributed by atoms with Gasteiger partial charge in [0.25, 0.3) is 0 Å². The minimum Gasteiger partial charge on any atom is -0.479 e. The predicted octanol–water partition coefficient (Wildman–Crippen LogP) is 3.30. The molecule has 86 valence electrons. The van der Waals surface area contributed by atoms with E-state index in [9.17, 15) is 4.79 Å². The Morgan fingerprint density at radius 3 is 2.75 bits per heavy atom. The highest BCUT2D eigenvalue weighted by Crippen LogP contribution is 2.38. The summed E-state index contributed by atoms with van der Waals surface area (Å²) in [7, 11) is 0. The van der Waals surface area contributed by atoms with Crippen LogP contribution in [0, 0.1) is 0 Å². The van der Waals surface area contributed by atoms with Crippen LogP contribution in [0.5, 0.6) is 0 Å². The summed E-state index contributed by atoms with van der Waals surface area (Å²) in [6.45, 7) is 0. The molecule has 0 bridgehead atoms. The fraction of sp³-hybridized carbons (Fsp3) is 0.364. The number of ether oxygens (including phenoxy) is 1. The van der Waals surface area contributed by atoms with Gasteiger partial charge < -0.3 is 9.84 Å². The van der Waals surface area contributed by atoms with Crippen molar-refractivity contribution in [2.75, 3.05) is 0 Å². The number of halogens is 2. The van der Waals surface area contributed by atoms with Gasteiger partial charge in [-0.05, 0) is 18.9 Å². The molecule has 1 fully saturated rings. The molecular formula is C11H10Cl2O3. The molecule has 0 radical (unpaired) electrons. The van der Waals surface area contributed by atoms with Crippen LogP contribution in [-0.2, 0) is 9.53 Å². The van der Waals surface area contributed by atoms with E-state index in [2.05, 4.69) is 0 Å². The van der Waals surface area contributed by atoms with Gasteiger partial charge in [0.1, 0.15) is 0 Å². The molecule has 1 heterocycles. The fourth-order valence-corrected chi connectivity index (χ4v) is 2.25. The van der Waals surface area contributed by atoms with Crippen molar-refractivity contribution in [3.05, 3.63) is 33.8 Å². The van der Waals surface area contributed by atoms with Gasteiger partial charge in [-0.25, -0.2) is 4.79 Å². The molecule has 1 aliphatic rings. The minimum atomic E-state index is -0.930. The SMILES string of the molecule is O=C(O)C1CCC(c2cccc(Cl)c2Cl)O1. The first-order valence-corrected chi connectivity index (χ1v) is 5.67. The summed E-state index contributed by atoms with van der Waals surface area (Å²) < 4.78 is 5.40. The Morgan fingerprint density at radius 2 is 2.12 bits per heavy atom. The third-order valence-corrected chi connectivity index (χ3v) is 3.46.